The molecule has 8 nitrogen and oxygen atoms in total. The minimum absolute atomic E-state index is 0.188. The van der Waals surface area contributed by atoms with Crippen LogP contribution in [-0.4, -0.2) is 31.4 Å². The summed E-state index contributed by atoms with van der Waals surface area (Å²) in [6, 6.07) is 15.4. The Labute approximate surface area is 233 Å². The van der Waals surface area contributed by atoms with Gasteiger partial charge in [-0.15, -0.1) is 0 Å². The number of thiazole rings is 1. The van der Waals surface area contributed by atoms with Gasteiger partial charge in [0.05, 0.1) is 42.7 Å². The number of ether oxygens (including phenoxy) is 3. The highest BCUT2D eigenvalue weighted by atomic mass is 35.5. The molecule has 0 N–H and O–H groups in total. The summed E-state index contributed by atoms with van der Waals surface area (Å²) < 4.78 is 24.2. The van der Waals surface area contributed by atoms with Crippen molar-refractivity contribution in [2.75, 3.05) is 20.8 Å². The Bertz CT molecular complexity index is 1760. The Morgan fingerprint density at radius 1 is 1.10 bits per heavy atom. The smallest absolute Gasteiger partial charge is 0.338 e. The fraction of sp³-hybridized carbons (Fsp3) is 0.207. The van der Waals surface area contributed by atoms with Gasteiger partial charge in [0.25, 0.3) is 5.56 Å². The molecule has 2 aromatic carbocycles. The molecule has 2 aromatic heterocycles. The SMILES string of the molecule is CCOC(=O)C1=C(C)N=c2s/c(=C/c3ccc(-c4ccc(Cl)cc4)o3)c(=O)n2C1c1ccc(OC)c(OC)c1. The number of rotatable bonds is 7. The number of fused-ring (bicyclic) bond motifs is 1. The Balaban J connectivity index is 1.65. The predicted octanol–water partition coefficient (Wildman–Crippen LogP) is 4.73. The minimum atomic E-state index is -0.775. The summed E-state index contributed by atoms with van der Waals surface area (Å²) in [5.41, 5.74) is 1.97. The van der Waals surface area contributed by atoms with Crippen LogP contribution in [0.3, 0.4) is 0 Å². The number of carbonyl (C=O) groups is 1. The molecule has 4 aromatic rings. The van der Waals surface area contributed by atoms with E-state index < -0.39 is 12.0 Å². The summed E-state index contributed by atoms with van der Waals surface area (Å²) in [6.45, 7) is 3.66. The van der Waals surface area contributed by atoms with Crippen molar-refractivity contribution in [2.24, 2.45) is 4.99 Å². The van der Waals surface area contributed by atoms with Gasteiger partial charge in [-0.3, -0.25) is 9.36 Å². The molecule has 5 rings (SSSR count). The molecular weight excluding hydrogens is 540 g/mol. The third-order valence-electron chi connectivity index (χ3n) is 6.27. The molecule has 0 radical (unpaired) electrons. The Morgan fingerprint density at radius 3 is 2.54 bits per heavy atom. The number of allylic oxidation sites excluding steroid dienone is 1. The highest BCUT2D eigenvalue weighted by molar-refractivity contribution is 7.07. The summed E-state index contributed by atoms with van der Waals surface area (Å²) in [7, 11) is 3.07. The van der Waals surface area contributed by atoms with Gasteiger partial charge in [0, 0.05) is 16.7 Å². The van der Waals surface area contributed by atoms with Crippen molar-refractivity contribution in [2.45, 2.75) is 19.9 Å². The van der Waals surface area contributed by atoms with Crippen LogP contribution in [0.1, 0.15) is 31.2 Å². The van der Waals surface area contributed by atoms with Gasteiger partial charge >= 0.3 is 5.97 Å². The second kappa shape index (κ2) is 11.0. The van der Waals surface area contributed by atoms with E-state index in [0.717, 1.165) is 5.56 Å². The summed E-state index contributed by atoms with van der Waals surface area (Å²) in [5.74, 6) is 1.62. The predicted molar refractivity (Wildman–Crippen MR) is 149 cm³/mol. The van der Waals surface area contributed by atoms with E-state index in [1.54, 1.807) is 63.4 Å². The highest BCUT2D eigenvalue weighted by Crippen LogP contribution is 2.36. The number of carbonyl (C=O) groups excluding carboxylic acids is 1. The number of methoxy groups -OCH3 is 2. The van der Waals surface area contributed by atoms with Crippen LogP contribution in [0.5, 0.6) is 11.5 Å². The fourth-order valence-corrected chi connectivity index (χ4v) is 5.61. The number of aromatic nitrogens is 1. The van der Waals surface area contributed by atoms with Gasteiger partial charge in [0.2, 0.25) is 0 Å². The van der Waals surface area contributed by atoms with Gasteiger partial charge in [0.15, 0.2) is 16.3 Å². The first-order chi connectivity index (χ1) is 18.8. The van der Waals surface area contributed by atoms with Crippen LogP contribution in [0.15, 0.2) is 80.1 Å². The van der Waals surface area contributed by atoms with Crippen molar-refractivity contribution in [3.8, 4) is 22.8 Å². The van der Waals surface area contributed by atoms with Crippen LogP contribution in [0.4, 0.5) is 0 Å². The number of halogens is 1. The third-order valence-corrected chi connectivity index (χ3v) is 7.50. The molecular formula is C29H25ClN2O6S. The van der Waals surface area contributed by atoms with Crippen LogP contribution in [-0.2, 0) is 9.53 Å². The molecule has 0 amide bonds. The summed E-state index contributed by atoms with van der Waals surface area (Å²) in [6.07, 6.45) is 1.68. The van der Waals surface area contributed by atoms with Crippen molar-refractivity contribution in [3.05, 3.63) is 102 Å². The average molecular weight is 565 g/mol. The number of hydrogen-bond donors (Lipinski definition) is 0. The molecule has 39 heavy (non-hydrogen) atoms. The first-order valence-corrected chi connectivity index (χ1v) is 13.3. The molecule has 200 valence electrons. The number of benzene rings is 2. The number of esters is 1. The molecule has 0 saturated heterocycles. The van der Waals surface area contributed by atoms with E-state index in [1.165, 1.54) is 23.0 Å². The molecule has 0 aliphatic carbocycles. The number of nitrogens with zero attached hydrogens (tertiary/aromatic N) is 2. The average Bonchev–Trinajstić information content (AvgIpc) is 3.52. The zero-order valence-corrected chi connectivity index (χ0v) is 23.3. The Morgan fingerprint density at radius 2 is 1.85 bits per heavy atom. The van der Waals surface area contributed by atoms with Gasteiger partial charge in [0.1, 0.15) is 11.5 Å². The van der Waals surface area contributed by atoms with Crippen LogP contribution >= 0.6 is 22.9 Å². The zero-order valence-electron chi connectivity index (χ0n) is 21.7. The van der Waals surface area contributed by atoms with E-state index in [-0.39, 0.29) is 17.7 Å². The third kappa shape index (κ3) is 5.03. The minimum Gasteiger partial charge on any atom is -0.493 e. The lowest BCUT2D eigenvalue weighted by molar-refractivity contribution is -0.139. The largest absolute Gasteiger partial charge is 0.493 e. The number of furan rings is 1. The zero-order chi connectivity index (χ0) is 27.7. The maximum Gasteiger partial charge on any atom is 0.338 e. The van der Waals surface area contributed by atoms with E-state index in [4.69, 9.17) is 30.2 Å². The highest BCUT2D eigenvalue weighted by Gasteiger charge is 2.34. The van der Waals surface area contributed by atoms with Gasteiger partial charge in [-0.05, 0) is 67.9 Å². The maximum atomic E-state index is 13.8. The van der Waals surface area contributed by atoms with Crippen LogP contribution < -0.4 is 24.4 Å². The quantitative estimate of drug-likeness (QED) is 0.301. The first kappa shape index (κ1) is 26.5. The standard InChI is InChI=1S/C29H25ClN2O6S/c1-5-37-28(34)25-16(2)31-29-32(26(25)18-8-12-22(35-3)23(14-18)36-4)27(33)24(39-29)15-20-11-13-21(38-20)17-6-9-19(30)10-7-17/h6-15,26H,5H2,1-4H3/b24-15+. The normalized spacial score (nSPS) is 15.1. The lowest BCUT2D eigenvalue weighted by atomic mass is 9.95. The van der Waals surface area contributed by atoms with E-state index in [9.17, 15) is 9.59 Å². The Hall–Kier alpha value is -4.08. The maximum absolute atomic E-state index is 13.8. The van der Waals surface area contributed by atoms with Crippen LogP contribution in [0.2, 0.25) is 5.02 Å². The van der Waals surface area contributed by atoms with Crippen molar-refractivity contribution in [1.82, 2.24) is 4.57 Å². The van der Waals surface area contributed by atoms with Gasteiger partial charge < -0.3 is 18.6 Å². The fourth-order valence-electron chi connectivity index (χ4n) is 4.46. The molecule has 1 unspecified atom stereocenters. The van der Waals surface area contributed by atoms with Crippen molar-refractivity contribution < 1.29 is 23.4 Å². The van der Waals surface area contributed by atoms with E-state index in [1.807, 2.05) is 18.2 Å². The molecule has 3 heterocycles. The molecule has 1 aliphatic rings. The van der Waals surface area contributed by atoms with E-state index >= 15 is 0 Å². The van der Waals surface area contributed by atoms with Gasteiger partial charge in [-0.2, -0.15) is 0 Å². The second-order valence-electron chi connectivity index (χ2n) is 8.63. The summed E-state index contributed by atoms with van der Waals surface area (Å²) in [5, 5.41) is 0.633. The Kier molecular flexibility index (Phi) is 7.45. The molecule has 1 aliphatic heterocycles. The molecule has 1 atom stereocenters. The van der Waals surface area contributed by atoms with Gasteiger partial charge in [-0.1, -0.05) is 29.0 Å². The lowest BCUT2D eigenvalue weighted by Gasteiger charge is -2.25. The lowest BCUT2D eigenvalue weighted by Crippen LogP contribution is -2.39. The molecule has 0 spiro atoms. The molecule has 0 bridgehead atoms. The summed E-state index contributed by atoms with van der Waals surface area (Å²) >= 11 is 7.22. The van der Waals surface area contributed by atoms with Crippen LogP contribution in [0, 0.1) is 0 Å². The first-order valence-electron chi connectivity index (χ1n) is 12.1. The van der Waals surface area contributed by atoms with Crippen molar-refractivity contribution in [3.63, 3.8) is 0 Å². The molecule has 0 fully saturated rings. The van der Waals surface area contributed by atoms with Crippen molar-refractivity contribution >= 4 is 35.0 Å². The topological polar surface area (TPSA) is 92.3 Å². The van der Waals surface area contributed by atoms with E-state index in [0.29, 0.717) is 48.6 Å². The molecule has 0 saturated carbocycles. The van der Waals surface area contributed by atoms with Crippen LogP contribution in [0.25, 0.3) is 17.4 Å². The van der Waals surface area contributed by atoms with E-state index in [2.05, 4.69) is 4.99 Å². The monoisotopic (exact) mass is 564 g/mol. The molecule has 10 heteroatoms. The summed E-state index contributed by atoms with van der Waals surface area (Å²) in [4.78, 5) is 32.0. The van der Waals surface area contributed by atoms with Gasteiger partial charge in [-0.25, -0.2) is 9.79 Å². The number of hydrogen-bond acceptors (Lipinski definition) is 8. The second-order valence-corrected chi connectivity index (χ2v) is 10.1. The van der Waals surface area contributed by atoms with Crippen molar-refractivity contribution in [1.29, 1.82) is 0 Å².